The molecule has 0 spiro atoms. The Balaban J connectivity index is 2.08. The van der Waals surface area contributed by atoms with Crippen LogP contribution in [0.15, 0.2) is 47.1 Å². The number of benzene rings is 1. The van der Waals surface area contributed by atoms with E-state index >= 15 is 0 Å². The first-order valence-electron chi connectivity index (χ1n) is 5.55. The number of ether oxygens (including phenoxy) is 1. The first-order chi connectivity index (χ1) is 9.19. The molecule has 1 heterocycles. The van der Waals surface area contributed by atoms with Gasteiger partial charge in [-0.15, -0.1) is 0 Å². The molecule has 0 atom stereocenters. The summed E-state index contributed by atoms with van der Waals surface area (Å²) in [6, 6.07) is 8.50. The third kappa shape index (κ3) is 3.63. The standard InChI is InChI=1S/C14H12ClNO3/c1-18-13-6-4-10(15)9-12(13)16-14(17)7-5-11-3-2-8-19-11/h2-9H,1H3,(H,16,17)/b7-5+. The van der Waals surface area contributed by atoms with Crippen molar-refractivity contribution >= 4 is 29.3 Å². The summed E-state index contributed by atoms with van der Waals surface area (Å²) in [7, 11) is 1.53. The number of anilines is 1. The molecule has 0 aliphatic carbocycles. The molecular weight excluding hydrogens is 266 g/mol. The zero-order valence-electron chi connectivity index (χ0n) is 10.2. The SMILES string of the molecule is COc1ccc(Cl)cc1NC(=O)/C=C/c1ccco1. The van der Waals surface area contributed by atoms with E-state index in [1.807, 2.05) is 0 Å². The second-order valence-corrected chi connectivity index (χ2v) is 4.12. The van der Waals surface area contributed by atoms with Crippen LogP contribution in [0.4, 0.5) is 5.69 Å². The second-order valence-electron chi connectivity index (χ2n) is 3.68. The van der Waals surface area contributed by atoms with Crippen molar-refractivity contribution in [2.45, 2.75) is 0 Å². The normalized spacial score (nSPS) is 10.6. The number of hydrogen-bond acceptors (Lipinski definition) is 3. The Morgan fingerprint density at radius 3 is 2.95 bits per heavy atom. The highest BCUT2D eigenvalue weighted by atomic mass is 35.5. The molecule has 0 saturated carbocycles. The predicted octanol–water partition coefficient (Wildman–Crippen LogP) is 3.59. The fourth-order valence-corrected chi connectivity index (χ4v) is 1.67. The van der Waals surface area contributed by atoms with Crippen molar-refractivity contribution < 1.29 is 13.9 Å². The van der Waals surface area contributed by atoms with Gasteiger partial charge in [0.15, 0.2) is 0 Å². The average molecular weight is 278 g/mol. The Kier molecular flexibility index (Phi) is 4.26. The Hall–Kier alpha value is -2.20. The number of carbonyl (C=O) groups is 1. The lowest BCUT2D eigenvalue weighted by molar-refractivity contribution is -0.111. The Morgan fingerprint density at radius 2 is 2.26 bits per heavy atom. The highest BCUT2D eigenvalue weighted by Crippen LogP contribution is 2.27. The summed E-state index contributed by atoms with van der Waals surface area (Å²) in [6.07, 6.45) is 4.49. The summed E-state index contributed by atoms with van der Waals surface area (Å²) in [5.74, 6) is 0.856. The molecule has 1 aromatic heterocycles. The molecule has 2 aromatic rings. The summed E-state index contributed by atoms with van der Waals surface area (Å²) >= 11 is 5.88. The molecule has 19 heavy (non-hydrogen) atoms. The fraction of sp³-hybridized carbons (Fsp3) is 0.0714. The summed E-state index contributed by atoms with van der Waals surface area (Å²) in [4.78, 5) is 11.7. The minimum absolute atomic E-state index is 0.294. The van der Waals surface area contributed by atoms with Crippen molar-refractivity contribution in [2.24, 2.45) is 0 Å². The zero-order valence-corrected chi connectivity index (χ0v) is 11.0. The topological polar surface area (TPSA) is 51.5 Å². The van der Waals surface area contributed by atoms with Crippen LogP contribution < -0.4 is 10.1 Å². The number of carbonyl (C=O) groups excluding carboxylic acids is 1. The van der Waals surface area contributed by atoms with E-state index in [0.29, 0.717) is 22.2 Å². The molecule has 0 aliphatic rings. The molecule has 0 saturated heterocycles. The van der Waals surface area contributed by atoms with E-state index in [9.17, 15) is 4.79 Å². The van der Waals surface area contributed by atoms with Gasteiger partial charge in [0.2, 0.25) is 5.91 Å². The summed E-state index contributed by atoms with van der Waals surface area (Å²) in [5, 5.41) is 3.21. The number of halogens is 1. The minimum atomic E-state index is -0.294. The second kappa shape index (κ2) is 6.11. The van der Waals surface area contributed by atoms with Crippen molar-refractivity contribution in [2.75, 3.05) is 12.4 Å². The molecule has 2 rings (SSSR count). The van der Waals surface area contributed by atoms with Gasteiger partial charge in [-0.25, -0.2) is 0 Å². The quantitative estimate of drug-likeness (QED) is 0.869. The minimum Gasteiger partial charge on any atom is -0.495 e. The van der Waals surface area contributed by atoms with E-state index in [1.165, 1.54) is 19.4 Å². The van der Waals surface area contributed by atoms with Gasteiger partial charge in [0.1, 0.15) is 11.5 Å². The number of rotatable bonds is 4. The smallest absolute Gasteiger partial charge is 0.248 e. The van der Waals surface area contributed by atoms with Gasteiger partial charge in [-0.3, -0.25) is 4.79 Å². The van der Waals surface area contributed by atoms with E-state index in [-0.39, 0.29) is 5.91 Å². The molecule has 0 unspecified atom stereocenters. The Labute approximate surface area is 115 Å². The Bertz CT molecular complexity index is 591. The third-order valence-electron chi connectivity index (χ3n) is 2.36. The molecule has 1 aromatic carbocycles. The largest absolute Gasteiger partial charge is 0.495 e. The van der Waals surface area contributed by atoms with E-state index in [4.69, 9.17) is 20.8 Å². The highest BCUT2D eigenvalue weighted by Gasteiger charge is 2.06. The van der Waals surface area contributed by atoms with Crippen molar-refractivity contribution in [3.63, 3.8) is 0 Å². The van der Waals surface area contributed by atoms with Crippen molar-refractivity contribution in [3.8, 4) is 5.75 Å². The molecular formula is C14H12ClNO3. The van der Waals surface area contributed by atoms with Crippen LogP contribution in [-0.2, 0) is 4.79 Å². The molecule has 98 valence electrons. The third-order valence-corrected chi connectivity index (χ3v) is 2.60. The van der Waals surface area contributed by atoms with Gasteiger partial charge in [0.05, 0.1) is 19.1 Å². The van der Waals surface area contributed by atoms with Gasteiger partial charge in [0.25, 0.3) is 0 Å². The number of methoxy groups -OCH3 is 1. The van der Waals surface area contributed by atoms with Crippen LogP contribution in [0.2, 0.25) is 5.02 Å². The van der Waals surface area contributed by atoms with Crippen LogP contribution in [0, 0.1) is 0 Å². The molecule has 0 aliphatic heterocycles. The van der Waals surface area contributed by atoms with Crippen molar-refractivity contribution in [1.29, 1.82) is 0 Å². The Morgan fingerprint density at radius 1 is 1.42 bits per heavy atom. The molecule has 1 N–H and O–H groups in total. The monoisotopic (exact) mass is 277 g/mol. The molecule has 5 heteroatoms. The van der Waals surface area contributed by atoms with Gasteiger partial charge >= 0.3 is 0 Å². The molecule has 1 amide bonds. The molecule has 0 radical (unpaired) electrons. The van der Waals surface area contributed by atoms with Crippen LogP contribution in [0.5, 0.6) is 5.75 Å². The molecule has 4 nitrogen and oxygen atoms in total. The summed E-state index contributed by atoms with van der Waals surface area (Å²) < 4.78 is 10.2. The van der Waals surface area contributed by atoms with E-state index < -0.39 is 0 Å². The maximum Gasteiger partial charge on any atom is 0.248 e. The lowest BCUT2D eigenvalue weighted by Crippen LogP contribution is -2.08. The highest BCUT2D eigenvalue weighted by molar-refractivity contribution is 6.31. The maximum absolute atomic E-state index is 11.7. The lowest BCUT2D eigenvalue weighted by atomic mass is 10.3. The van der Waals surface area contributed by atoms with Crippen molar-refractivity contribution in [3.05, 3.63) is 53.5 Å². The van der Waals surface area contributed by atoms with Gasteiger partial charge in [-0.1, -0.05) is 11.6 Å². The number of nitrogens with one attached hydrogen (secondary N) is 1. The predicted molar refractivity (Wildman–Crippen MR) is 74.4 cm³/mol. The molecule has 0 fully saturated rings. The van der Waals surface area contributed by atoms with Crippen molar-refractivity contribution in [1.82, 2.24) is 0 Å². The zero-order chi connectivity index (χ0) is 13.7. The van der Waals surface area contributed by atoms with Gasteiger partial charge in [-0.05, 0) is 36.4 Å². The van der Waals surface area contributed by atoms with Crippen LogP contribution in [0.25, 0.3) is 6.08 Å². The lowest BCUT2D eigenvalue weighted by Gasteiger charge is -2.08. The maximum atomic E-state index is 11.7. The average Bonchev–Trinajstić information content (AvgIpc) is 2.90. The molecule has 0 bridgehead atoms. The first kappa shape index (κ1) is 13.2. The van der Waals surface area contributed by atoms with Gasteiger partial charge < -0.3 is 14.5 Å². The van der Waals surface area contributed by atoms with E-state index in [2.05, 4.69) is 5.32 Å². The number of amides is 1. The first-order valence-corrected chi connectivity index (χ1v) is 5.93. The van der Waals surface area contributed by atoms with E-state index in [1.54, 1.807) is 36.4 Å². The summed E-state index contributed by atoms with van der Waals surface area (Å²) in [5.41, 5.74) is 0.518. The van der Waals surface area contributed by atoms with Crippen LogP contribution in [0.1, 0.15) is 5.76 Å². The summed E-state index contributed by atoms with van der Waals surface area (Å²) in [6.45, 7) is 0. The fourth-order valence-electron chi connectivity index (χ4n) is 1.50. The number of hydrogen-bond donors (Lipinski definition) is 1. The van der Waals surface area contributed by atoms with Crippen LogP contribution in [-0.4, -0.2) is 13.0 Å². The number of furan rings is 1. The van der Waals surface area contributed by atoms with Crippen LogP contribution >= 0.6 is 11.6 Å². The van der Waals surface area contributed by atoms with Gasteiger partial charge in [-0.2, -0.15) is 0 Å². The van der Waals surface area contributed by atoms with E-state index in [0.717, 1.165) is 0 Å². The van der Waals surface area contributed by atoms with Crippen LogP contribution in [0.3, 0.4) is 0 Å². The van der Waals surface area contributed by atoms with Gasteiger partial charge in [0, 0.05) is 11.1 Å².